The molecule has 0 atom stereocenters. The van der Waals surface area contributed by atoms with Crippen LogP contribution in [0.5, 0.6) is 0 Å². The van der Waals surface area contributed by atoms with Crippen LogP contribution in [0.15, 0.2) is 4.99 Å². The highest BCUT2D eigenvalue weighted by atomic mass is 32.2. The number of likely N-dealkylation sites (tertiary alicyclic amines) is 1. The number of hydrogen-bond donors (Lipinski definition) is 1. The zero-order chi connectivity index (χ0) is 13.9. The van der Waals surface area contributed by atoms with E-state index in [2.05, 4.69) is 16.8 Å². The summed E-state index contributed by atoms with van der Waals surface area (Å²) in [6.07, 6.45) is 4.40. The zero-order valence-electron chi connectivity index (χ0n) is 11.7. The van der Waals surface area contributed by atoms with Gasteiger partial charge < -0.3 is 10.6 Å². The van der Waals surface area contributed by atoms with Gasteiger partial charge in [-0.05, 0) is 37.5 Å². The Hall–Kier alpha value is -0.780. The normalized spacial score (nSPS) is 22.8. The molecule has 2 aliphatic rings. The summed E-state index contributed by atoms with van der Waals surface area (Å²) < 4.78 is 23.5. The van der Waals surface area contributed by atoms with Gasteiger partial charge in [0.1, 0.15) is 0 Å². The van der Waals surface area contributed by atoms with Crippen LogP contribution in [0.25, 0.3) is 0 Å². The third-order valence-electron chi connectivity index (χ3n) is 3.97. The van der Waals surface area contributed by atoms with Crippen molar-refractivity contribution in [3.05, 3.63) is 0 Å². The summed E-state index contributed by atoms with van der Waals surface area (Å²) in [6.45, 7) is 4.42. The maximum absolute atomic E-state index is 11.8. The molecule has 0 aromatic carbocycles. The molecule has 1 aliphatic carbocycles. The summed E-state index contributed by atoms with van der Waals surface area (Å²) in [6, 6.07) is 0. The Morgan fingerprint density at radius 1 is 1.26 bits per heavy atom. The maximum atomic E-state index is 11.8. The molecular formula is C13H25N3O2S. The Morgan fingerprint density at radius 2 is 1.89 bits per heavy atom. The first-order chi connectivity index (χ1) is 8.96. The van der Waals surface area contributed by atoms with Crippen molar-refractivity contribution in [2.45, 2.75) is 32.6 Å². The predicted octanol–water partition coefficient (Wildman–Crippen LogP) is 0.858. The third-order valence-corrected chi connectivity index (χ3v) is 5.75. The van der Waals surface area contributed by atoms with E-state index in [9.17, 15) is 8.42 Å². The van der Waals surface area contributed by atoms with Crippen LogP contribution in [-0.2, 0) is 9.84 Å². The lowest BCUT2D eigenvalue weighted by molar-refractivity contribution is 0.278. The lowest BCUT2D eigenvalue weighted by Gasteiger charge is -2.31. The molecule has 5 nitrogen and oxygen atoms in total. The van der Waals surface area contributed by atoms with Gasteiger partial charge in [0.15, 0.2) is 15.8 Å². The molecule has 1 saturated heterocycles. The van der Waals surface area contributed by atoms with E-state index in [1.807, 2.05) is 0 Å². The second-order valence-electron chi connectivity index (χ2n) is 5.97. The van der Waals surface area contributed by atoms with Gasteiger partial charge in [-0.25, -0.2) is 8.42 Å². The molecule has 2 rings (SSSR count). The lowest BCUT2D eigenvalue weighted by atomic mass is 10.00. The van der Waals surface area contributed by atoms with Gasteiger partial charge in [0.2, 0.25) is 0 Å². The van der Waals surface area contributed by atoms with E-state index in [4.69, 9.17) is 5.73 Å². The number of aliphatic imine (C=N–C) groups is 1. The van der Waals surface area contributed by atoms with Gasteiger partial charge in [0.25, 0.3) is 0 Å². The highest BCUT2D eigenvalue weighted by Gasteiger charge is 2.27. The van der Waals surface area contributed by atoms with Crippen LogP contribution in [-0.4, -0.2) is 50.4 Å². The fourth-order valence-corrected chi connectivity index (χ4v) is 3.95. The molecule has 0 amide bonds. The standard InChI is InChI=1S/C13H25N3O2S/c1-11-4-7-16(8-5-11)13(14)15-6-9-19(17,18)10-12-2-3-12/h11-12H,2-10H2,1H3,(H2,14,15). The van der Waals surface area contributed by atoms with Crippen LogP contribution >= 0.6 is 0 Å². The second-order valence-corrected chi connectivity index (χ2v) is 8.20. The average molecular weight is 287 g/mol. The summed E-state index contributed by atoms with van der Waals surface area (Å²) in [5, 5.41) is 0. The fraction of sp³-hybridized carbons (Fsp3) is 0.923. The summed E-state index contributed by atoms with van der Waals surface area (Å²) in [4.78, 5) is 6.29. The van der Waals surface area contributed by atoms with Crippen LogP contribution in [0.3, 0.4) is 0 Å². The molecule has 1 heterocycles. The van der Waals surface area contributed by atoms with Crippen molar-refractivity contribution in [1.82, 2.24) is 4.90 Å². The highest BCUT2D eigenvalue weighted by Crippen LogP contribution is 2.30. The summed E-state index contributed by atoms with van der Waals surface area (Å²) in [5.41, 5.74) is 5.92. The number of rotatable bonds is 5. The minimum atomic E-state index is -2.93. The maximum Gasteiger partial charge on any atom is 0.191 e. The molecule has 2 fully saturated rings. The molecular weight excluding hydrogens is 262 g/mol. The van der Waals surface area contributed by atoms with Gasteiger partial charge in [-0.1, -0.05) is 6.92 Å². The van der Waals surface area contributed by atoms with Gasteiger partial charge in [-0.2, -0.15) is 0 Å². The Kier molecular flexibility index (Phi) is 4.71. The largest absolute Gasteiger partial charge is 0.370 e. The van der Waals surface area contributed by atoms with Crippen LogP contribution in [0.4, 0.5) is 0 Å². The van der Waals surface area contributed by atoms with Crippen molar-refractivity contribution in [1.29, 1.82) is 0 Å². The van der Waals surface area contributed by atoms with Crippen molar-refractivity contribution < 1.29 is 8.42 Å². The number of piperidine rings is 1. The molecule has 6 heteroatoms. The molecule has 0 unspecified atom stereocenters. The molecule has 110 valence electrons. The van der Waals surface area contributed by atoms with Crippen molar-refractivity contribution in [2.24, 2.45) is 22.6 Å². The van der Waals surface area contributed by atoms with Crippen LogP contribution in [0.1, 0.15) is 32.6 Å². The second kappa shape index (κ2) is 6.11. The van der Waals surface area contributed by atoms with Gasteiger partial charge in [0.05, 0.1) is 18.1 Å². The summed E-state index contributed by atoms with van der Waals surface area (Å²) in [5.74, 6) is 2.14. The Balaban J connectivity index is 1.74. The Bertz CT molecular complexity index is 421. The van der Waals surface area contributed by atoms with Crippen molar-refractivity contribution in [2.75, 3.05) is 31.1 Å². The Morgan fingerprint density at radius 3 is 2.47 bits per heavy atom. The SMILES string of the molecule is CC1CCN(C(N)=NCCS(=O)(=O)CC2CC2)CC1. The quantitative estimate of drug-likeness (QED) is 0.601. The summed E-state index contributed by atoms with van der Waals surface area (Å²) in [7, 11) is -2.93. The topological polar surface area (TPSA) is 75.8 Å². The van der Waals surface area contributed by atoms with Gasteiger partial charge in [0, 0.05) is 13.1 Å². The van der Waals surface area contributed by atoms with Crippen LogP contribution < -0.4 is 5.73 Å². The monoisotopic (exact) mass is 287 g/mol. The van der Waals surface area contributed by atoms with Crippen LogP contribution in [0.2, 0.25) is 0 Å². The number of hydrogen-bond acceptors (Lipinski definition) is 3. The molecule has 1 aliphatic heterocycles. The van der Waals surface area contributed by atoms with E-state index < -0.39 is 9.84 Å². The average Bonchev–Trinajstić information content (AvgIpc) is 3.12. The minimum absolute atomic E-state index is 0.133. The van der Waals surface area contributed by atoms with Crippen molar-refractivity contribution in [3.8, 4) is 0 Å². The fourth-order valence-electron chi connectivity index (χ4n) is 2.36. The summed E-state index contributed by atoms with van der Waals surface area (Å²) >= 11 is 0. The molecule has 2 N–H and O–H groups in total. The van der Waals surface area contributed by atoms with Crippen molar-refractivity contribution in [3.63, 3.8) is 0 Å². The smallest absolute Gasteiger partial charge is 0.191 e. The minimum Gasteiger partial charge on any atom is -0.370 e. The Labute approximate surface area is 116 Å². The first kappa shape index (κ1) is 14.6. The lowest BCUT2D eigenvalue weighted by Crippen LogP contribution is -2.42. The van der Waals surface area contributed by atoms with E-state index in [0.29, 0.717) is 24.2 Å². The van der Waals surface area contributed by atoms with Gasteiger partial charge in [-0.3, -0.25) is 4.99 Å². The van der Waals surface area contributed by atoms with E-state index in [0.717, 1.165) is 44.7 Å². The van der Waals surface area contributed by atoms with Gasteiger partial charge in [-0.15, -0.1) is 0 Å². The number of nitrogens with zero attached hydrogens (tertiary/aromatic N) is 2. The molecule has 0 bridgehead atoms. The number of guanidine groups is 1. The van der Waals surface area contributed by atoms with Crippen LogP contribution in [0, 0.1) is 11.8 Å². The van der Waals surface area contributed by atoms with E-state index in [1.54, 1.807) is 0 Å². The van der Waals surface area contributed by atoms with E-state index >= 15 is 0 Å². The first-order valence-electron chi connectivity index (χ1n) is 7.21. The molecule has 0 aromatic rings. The number of sulfone groups is 1. The van der Waals surface area contributed by atoms with E-state index in [-0.39, 0.29) is 5.75 Å². The third kappa shape index (κ3) is 5.01. The number of nitrogens with two attached hydrogens (primary N) is 1. The van der Waals surface area contributed by atoms with Gasteiger partial charge >= 0.3 is 0 Å². The predicted molar refractivity (Wildman–Crippen MR) is 77.8 cm³/mol. The molecule has 0 radical (unpaired) electrons. The van der Waals surface area contributed by atoms with Crippen molar-refractivity contribution >= 4 is 15.8 Å². The highest BCUT2D eigenvalue weighted by molar-refractivity contribution is 7.91. The van der Waals surface area contributed by atoms with E-state index in [1.165, 1.54) is 0 Å². The first-order valence-corrected chi connectivity index (χ1v) is 9.04. The zero-order valence-corrected chi connectivity index (χ0v) is 12.5. The molecule has 19 heavy (non-hydrogen) atoms. The molecule has 0 aromatic heterocycles. The molecule has 1 saturated carbocycles. The molecule has 0 spiro atoms.